The van der Waals surface area contributed by atoms with Crippen molar-refractivity contribution in [2.24, 2.45) is 0 Å². The molecule has 10 nitrogen and oxygen atoms in total. The van der Waals surface area contributed by atoms with Crippen LogP contribution in [0.4, 0.5) is 0 Å². The number of rotatable bonds is 9. The molecule has 0 radical (unpaired) electrons. The smallest absolute Gasteiger partial charge is 0.254 e. The van der Waals surface area contributed by atoms with E-state index in [9.17, 15) is 9.59 Å². The number of amides is 2. The van der Waals surface area contributed by atoms with Crippen LogP contribution in [0, 0.1) is 0 Å². The number of aromatic nitrogens is 4. The number of methoxy groups -OCH3 is 2. The summed E-state index contributed by atoms with van der Waals surface area (Å²) in [5, 5.41) is 1.45. The first-order valence-corrected chi connectivity index (χ1v) is 16.2. The van der Waals surface area contributed by atoms with E-state index in [0.717, 1.165) is 57.3 Å². The van der Waals surface area contributed by atoms with Crippen LogP contribution < -0.4 is 0 Å². The van der Waals surface area contributed by atoms with Crippen molar-refractivity contribution in [2.45, 2.75) is 47.6 Å². The molecule has 12 heteroatoms. The van der Waals surface area contributed by atoms with E-state index < -0.39 is 0 Å². The van der Waals surface area contributed by atoms with Crippen LogP contribution in [-0.2, 0) is 9.47 Å². The second-order valence-corrected chi connectivity index (χ2v) is 12.7. The molecule has 0 spiro atoms. The Bertz CT molecular complexity index is 1500. The van der Waals surface area contributed by atoms with Gasteiger partial charge in [-0.2, -0.15) is 0 Å². The van der Waals surface area contributed by atoms with Gasteiger partial charge in [-0.05, 0) is 49.9 Å². The number of hydrogen-bond acceptors (Lipinski definition) is 10. The molecule has 2 amide bonds. The van der Waals surface area contributed by atoms with E-state index in [4.69, 9.17) is 9.47 Å². The second-order valence-electron chi connectivity index (χ2n) is 10.5. The molecule has 4 aromatic rings. The first-order valence-electron chi connectivity index (χ1n) is 14.0. The molecule has 4 heterocycles. The molecule has 0 bridgehead atoms. The summed E-state index contributed by atoms with van der Waals surface area (Å²) in [6.07, 6.45) is 10.2. The third-order valence-electron chi connectivity index (χ3n) is 7.95. The van der Waals surface area contributed by atoms with Gasteiger partial charge in [-0.25, -0.2) is 19.9 Å². The Balaban J connectivity index is 1.27. The molecular weight excluding hydrogens is 573 g/mol. The maximum atomic E-state index is 13.6. The van der Waals surface area contributed by atoms with Gasteiger partial charge in [0.1, 0.15) is 12.7 Å². The number of likely N-dealkylation sites (tertiary alicyclic amines) is 2. The van der Waals surface area contributed by atoms with E-state index in [2.05, 4.69) is 19.9 Å². The van der Waals surface area contributed by atoms with Gasteiger partial charge in [-0.1, -0.05) is 21.6 Å². The number of fused-ring (bicyclic) bond motifs is 2. The number of carbonyl (C=O) groups is 2. The first-order chi connectivity index (χ1) is 20.6. The number of nitrogens with zero attached hydrogens (tertiary/aromatic N) is 6. The lowest BCUT2D eigenvalue weighted by Crippen LogP contribution is -2.38. The zero-order chi connectivity index (χ0) is 29.1. The number of ether oxygens (including phenoxy) is 2. The molecule has 2 aliphatic heterocycles. The van der Waals surface area contributed by atoms with Gasteiger partial charge in [0.15, 0.2) is 0 Å². The normalized spacial score (nSPS) is 18.8. The van der Waals surface area contributed by atoms with Crippen molar-refractivity contribution in [2.75, 3.05) is 40.5 Å². The van der Waals surface area contributed by atoms with E-state index in [1.165, 1.54) is 34.2 Å². The van der Waals surface area contributed by atoms with Crippen LogP contribution in [0.5, 0.6) is 0 Å². The van der Waals surface area contributed by atoms with Crippen LogP contribution in [0.25, 0.3) is 21.8 Å². The molecule has 42 heavy (non-hydrogen) atoms. The Morgan fingerprint density at radius 1 is 0.762 bits per heavy atom. The fourth-order valence-electron chi connectivity index (χ4n) is 5.95. The topological polar surface area (TPSA) is 111 Å². The largest absolute Gasteiger partial charge is 0.383 e. The lowest BCUT2D eigenvalue weighted by Gasteiger charge is -2.25. The van der Waals surface area contributed by atoms with E-state index in [1.807, 2.05) is 34.1 Å². The third kappa shape index (κ3) is 5.56. The van der Waals surface area contributed by atoms with Crippen LogP contribution in [-0.4, -0.2) is 94.2 Å². The van der Waals surface area contributed by atoms with Crippen LogP contribution >= 0.6 is 21.6 Å². The summed E-state index contributed by atoms with van der Waals surface area (Å²) in [7, 11) is 6.40. The summed E-state index contributed by atoms with van der Waals surface area (Å²) in [4.78, 5) is 50.3. The summed E-state index contributed by atoms with van der Waals surface area (Å²) in [6, 6.07) is 7.78. The minimum Gasteiger partial charge on any atom is -0.383 e. The van der Waals surface area contributed by atoms with Gasteiger partial charge in [0, 0.05) is 60.3 Å². The zero-order valence-corrected chi connectivity index (χ0v) is 25.2. The van der Waals surface area contributed by atoms with Crippen molar-refractivity contribution in [3.8, 4) is 0 Å². The molecule has 218 valence electrons. The van der Waals surface area contributed by atoms with E-state index >= 15 is 0 Å². The zero-order valence-electron chi connectivity index (χ0n) is 23.6. The predicted molar refractivity (Wildman–Crippen MR) is 163 cm³/mol. The van der Waals surface area contributed by atoms with Gasteiger partial charge in [0.2, 0.25) is 0 Å². The number of carbonyl (C=O) groups excluding carboxylic acids is 2. The van der Waals surface area contributed by atoms with Gasteiger partial charge in [0.25, 0.3) is 11.8 Å². The van der Waals surface area contributed by atoms with E-state index in [0.29, 0.717) is 37.4 Å². The summed E-state index contributed by atoms with van der Waals surface area (Å²) in [6.45, 7) is 2.48. The highest BCUT2D eigenvalue weighted by molar-refractivity contribution is 8.76. The summed E-state index contributed by atoms with van der Waals surface area (Å²) >= 11 is 0. The second kappa shape index (κ2) is 12.9. The molecule has 2 aromatic carbocycles. The molecule has 2 aromatic heterocycles. The Morgan fingerprint density at radius 3 is 1.64 bits per heavy atom. The van der Waals surface area contributed by atoms with Crippen LogP contribution in [0.1, 0.15) is 46.4 Å². The predicted octanol–water partition coefficient (Wildman–Crippen LogP) is 4.87. The molecule has 2 unspecified atom stereocenters. The molecule has 2 saturated heterocycles. The molecule has 2 fully saturated rings. The average molecular weight is 605 g/mol. The van der Waals surface area contributed by atoms with E-state index in [-0.39, 0.29) is 23.9 Å². The highest BCUT2D eigenvalue weighted by atomic mass is 33.1. The average Bonchev–Trinajstić information content (AvgIpc) is 3.69. The summed E-state index contributed by atoms with van der Waals surface area (Å²) in [5.41, 5.74) is 2.63. The lowest BCUT2D eigenvalue weighted by atomic mass is 10.1. The van der Waals surface area contributed by atoms with Crippen LogP contribution in [0.15, 0.2) is 59.1 Å². The molecule has 2 aliphatic rings. The van der Waals surface area contributed by atoms with Crippen molar-refractivity contribution in [1.29, 1.82) is 0 Å². The van der Waals surface area contributed by atoms with Gasteiger partial charge in [-0.3, -0.25) is 9.59 Å². The van der Waals surface area contributed by atoms with Gasteiger partial charge < -0.3 is 19.3 Å². The SMILES string of the molecule is COCC1CCCN1C(=O)c1ccc(SSc2ccc(C(=O)N3CCCC3COC)c3cncnc23)c2ncncc12. The molecule has 0 aliphatic carbocycles. The first kappa shape index (κ1) is 28.8. The van der Waals surface area contributed by atoms with Crippen molar-refractivity contribution in [1.82, 2.24) is 29.7 Å². The standard InChI is InChI=1S/C30H32N6O4S2/c1-39-15-19-5-3-11-35(19)29(37)21-7-9-25(27-23(21)13-31-17-33-27)41-42-26-10-8-22(24-14-32-18-34-28(24)26)30(38)36-12-4-6-20(36)16-40-2/h7-10,13-14,17-20H,3-6,11-12,15-16H2,1-2H3. The van der Waals surface area contributed by atoms with Crippen molar-refractivity contribution in [3.05, 3.63) is 60.4 Å². The molecule has 0 N–H and O–H groups in total. The van der Waals surface area contributed by atoms with E-state index in [1.54, 1.807) is 26.6 Å². The molecule has 2 atom stereocenters. The highest BCUT2D eigenvalue weighted by Gasteiger charge is 2.32. The summed E-state index contributed by atoms with van der Waals surface area (Å²) in [5.74, 6) is -0.0421. The van der Waals surface area contributed by atoms with Gasteiger partial charge in [0.05, 0.1) is 47.5 Å². The lowest BCUT2D eigenvalue weighted by molar-refractivity contribution is 0.0626. The third-order valence-corrected chi connectivity index (χ3v) is 10.4. The number of hydrogen-bond donors (Lipinski definition) is 0. The summed E-state index contributed by atoms with van der Waals surface area (Å²) < 4.78 is 10.7. The highest BCUT2D eigenvalue weighted by Crippen LogP contribution is 2.43. The Hall–Kier alpha value is -3.32. The minimum atomic E-state index is -0.0211. The Labute approximate surface area is 252 Å². The van der Waals surface area contributed by atoms with Crippen molar-refractivity contribution in [3.63, 3.8) is 0 Å². The van der Waals surface area contributed by atoms with Gasteiger partial charge >= 0.3 is 0 Å². The fourth-order valence-corrected chi connectivity index (χ4v) is 8.20. The van der Waals surface area contributed by atoms with Crippen LogP contribution in [0.3, 0.4) is 0 Å². The molecule has 0 saturated carbocycles. The van der Waals surface area contributed by atoms with Crippen molar-refractivity contribution < 1.29 is 19.1 Å². The maximum absolute atomic E-state index is 13.6. The van der Waals surface area contributed by atoms with Crippen LogP contribution in [0.2, 0.25) is 0 Å². The Kier molecular flexibility index (Phi) is 8.84. The maximum Gasteiger partial charge on any atom is 0.254 e. The van der Waals surface area contributed by atoms with Crippen molar-refractivity contribution >= 4 is 55.2 Å². The minimum absolute atomic E-state index is 0.0211. The molecular formula is C30H32N6O4S2. The monoisotopic (exact) mass is 604 g/mol. The van der Waals surface area contributed by atoms with Gasteiger partial charge in [-0.15, -0.1) is 0 Å². The Morgan fingerprint density at radius 2 is 1.21 bits per heavy atom. The fraction of sp³-hybridized carbons (Fsp3) is 0.400. The quantitative estimate of drug-likeness (QED) is 0.245. The number of benzene rings is 2. The molecule has 6 rings (SSSR count).